The lowest BCUT2D eigenvalue weighted by Crippen LogP contribution is -2.09. The van der Waals surface area contributed by atoms with Gasteiger partial charge in [0.05, 0.1) is 11.6 Å². The Kier molecular flexibility index (Phi) is 3.46. The molecule has 4 heteroatoms. The van der Waals surface area contributed by atoms with Crippen molar-refractivity contribution in [2.24, 2.45) is 0 Å². The van der Waals surface area contributed by atoms with Gasteiger partial charge in [-0.2, -0.15) is 0 Å². The maximum Gasteiger partial charge on any atom is 0.189 e. The van der Waals surface area contributed by atoms with Gasteiger partial charge in [-0.3, -0.25) is 0 Å². The number of thiazole rings is 1. The number of alkyl halides is 1. The minimum Gasteiger partial charge on any atom is -0.321 e. The highest BCUT2D eigenvalue weighted by Gasteiger charge is 2.08. The van der Waals surface area contributed by atoms with E-state index in [1.54, 1.807) is 11.3 Å². The second-order valence-corrected chi connectivity index (χ2v) is 4.76. The van der Waals surface area contributed by atoms with Crippen molar-refractivity contribution >= 4 is 33.8 Å². The van der Waals surface area contributed by atoms with Crippen molar-refractivity contribution in [2.45, 2.75) is 12.8 Å². The van der Waals surface area contributed by atoms with Crippen LogP contribution >= 0.6 is 22.9 Å². The Hall–Kier alpha value is -1.06. The van der Waals surface area contributed by atoms with E-state index in [4.69, 9.17) is 11.6 Å². The molecule has 16 heavy (non-hydrogen) atoms. The molecule has 0 aliphatic heterocycles. The van der Waals surface area contributed by atoms with Crippen molar-refractivity contribution in [2.75, 3.05) is 11.9 Å². The van der Waals surface area contributed by atoms with Gasteiger partial charge in [-0.05, 0) is 24.6 Å². The number of anilines is 2. The summed E-state index contributed by atoms with van der Waals surface area (Å²) in [6, 6.07) is 8.36. The first-order chi connectivity index (χ1) is 7.70. The van der Waals surface area contributed by atoms with Crippen LogP contribution in [0.1, 0.15) is 11.3 Å². The molecule has 1 aromatic heterocycles. The molecular formula is C12H13ClN2S. The van der Waals surface area contributed by atoms with Gasteiger partial charge in [0.2, 0.25) is 0 Å². The molecule has 1 heterocycles. The third-order valence-corrected chi connectivity index (χ3v) is 3.59. The van der Waals surface area contributed by atoms with Gasteiger partial charge in [0.1, 0.15) is 0 Å². The third kappa shape index (κ3) is 2.36. The van der Waals surface area contributed by atoms with Crippen molar-refractivity contribution < 1.29 is 0 Å². The summed E-state index contributed by atoms with van der Waals surface area (Å²) < 4.78 is 0. The Labute approximate surface area is 105 Å². The van der Waals surface area contributed by atoms with Gasteiger partial charge < -0.3 is 4.90 Å². The number of aromatic nitrogens is 1. The van der Waals surface area contributed by atoms with Gasteiger partial charge in [0, 0.05) is 18.1 Å². The van der Waals surface area contributed by atoms with Gasteiger partial charge in [-0.15, -0.1) is 22.9 Å². The highest BCUT2D eigenvalue weighted by Crippen LogP contribution is 2.27. The number of hydrogen-bond acceptors (Lipinski definition) is 3. The average molecular weight is 253 g/mol. The summed E-state index contributed by atoms with van der Waals surface area (Å²) in [7, 11) is 2.02. The molecule has 2 aromatic rings. The molecule has 2 nitrogen and oxygen atoms in total. The van der Waals surface area contributed by atoms with Crippen LogP contribution in [0.3, 0.4) is 0 Å². The first-order valence-electron chi connectivity index (χ1n) is 5.01. The van der Waals surface area contributed by atoms with Crippen molar-refractivity contribution in [1.29, 1.82) is 0 Å². The number of hydrogen-bond donors (Lipinski definition) is 0. The molecule has 0 N–H and O–H groups in total. The van der Waals surface area contributed by atoms with Crippen LogP contribution < -0.4 is 4.90 Å². The molecule has 0 spiro atoms. The zero-order valence-electron chi connectivity index (χ0n) is 9.27. The molecule has 2 rings (SSSR count). The molecule has 0 amide bonds. The van der Waals surface area contributed by atoms with Crippen LogP contribution in [0.15, 0.2) is 29.6 Å². The Bertz CT molecular complexity index is 481. The van der Waals surface area contributed by atoms with Crippen molar-refractivity contribution in [1.82, 2.24) is 4.98 Å². The van der Waals surface area contributed by atoms with Crippen LogP contribution in [0.4, 0.5) is 10.8 Å². The molecular weight excluding hydrogens is 240 g/mol. The number of aryl methyl sites for hydroxylation is 1. The van der Waals surface area contributed by atoms with E-state index in [1.165, 1.54) is 5.56 Å². The highest BCUT2D eigenvalue weighted by atomic mass is 35.5. The summed E-state index contributed by atoms with van der Waals surface area (Å²) >= 11 is 7.36. The standard InChI is InChI=1S/C12H13ClN2S/c1-9-4-3-5-11(6-9)15(2)12-14-10(7-13)8-16-12/h3-6,8H,7H2,1-2H3. The molecule has 0 radical (unpaired) electrons. The summed E-state index contributed by atoms with van der Waals surface area (Å²) in [6.07, 6.45) is 0. The highest BCUT2D eigenvalue weighted by molar-refractivity contribution is 7.13. The van der Waals surface area contributed by atoms with E-state index in [9.17, 15) is 0 Å². The van der Waals surface area contributed by atoms with E-state index in [1.807, 2.05) is 12.4 Å². The Balaban J connectivity index is 2.27. The summed E-state index contributed by atoms with van der Waals surface area (Å²) in [5.74, 6) is 0.470. The van der Waals surface area contributed by atoms with Crippen molar-refractivity contribution in [3.8, 4) is 0 Å². The number of benzene rings is 1. The van der Waals surface area contributed by atoms with Gasteiger partial charge in [0.25, 0.3) is 0 Å². The predicted molar refractivity (Wildman–Crippen MR) is 70.9 cm³/mol. The Morgan fingerprint density at radius 2 is 2.25 bits per heavy atom. The van der Waals surface area contributed by atoms with E-state index >= 15 is 0 Å². The lowest BCUT2D eigenvalue weighted by atomic mass is 10.2. The zero-order valence-corrected chi connectivity index (χ0v) is 10.8. The average Bonchev–Trinajstić information content (AvgIpc) is 2.76. The molecule has 0 aliphatic rings. The SMILES string of the molecule is Cc1cccc(N(C)c2nc(CCl)cs2)c1. The molecule has 0 saturated heterocycles. The lowest BCUT2D eigenvalue weighted by molar-refractivity contribution is 1.13. The summed E-state index contributed by atoms with van der Waals surface area (Å²) in [5.41, 5.74) is 3.33. The number of rotatable bonds is 3. The maximum absolute atomic E-state index is 5.74. The van der Waals surface area contributed by atoms with Crippen LogP contribution in [0.2, 0.25) is 0 Å². The molecule has 0 fully saturated rings. The quantitative estimate of drug-likeness (QED) is 0.769. The second kappa shape index (κ2) is 4.85. The molecule has 0 unspecified atom stereocenters. The molecule has 0 aliphatic carbocycles. The van der Waals surface area contributed by atoms with Crippen molar-refractivity contribution in [3.63, 3.8) is 0 Å². The van der Waals surface area contributed by atoms with Crippen LogP contribution in [0.25, 0.3) is 0 Å². The topological polar surface area (TPSA) is 16.1 Å². The third-order valence-electron chi connectivity index (χ3n) is 2.35. The van der Waals surface area contributed by atoms with E-state index in [-0.39, 0.29) is 0 Å². The Morgan fingerprint density at radius 1 is 1.44 bits per heavy atom. The van der Waals surface area contributed by atoms with Gasteiger partial charge >= 0.3 is 0 Å². The van der Waals surface area contributed by atoms with Crippen LogP contribution in [-0.4, -0.2) is 12.0 Å². The fraction of sp³-hybridized carbons (Fsp3) is 0.250. The summed E-state index contributed by atoms with van der Waals surface area (Å²) in [6.45, 7) is 2.09. The zero-order chi connectivity index (χ0) is 11.5. The lowest BCUT2D eigenvalue weighted by Gasteiger charge is -2.16. The minimum atomic E-state index is 0.470. The van der Waals surface area contributed by atoms with Crippen LogP contribution in [0.5, 0.6) is 0 Å². The van der Waals surface area contributed by atoms with Gasteiger partial charge in [-0.25, -0.2) is 4.98 Å². The van der Waals surface area contributed by atoms with E-state index in [0.717, 1.165) is 16.5 Å². The monoisotopic (exact) mass is 252 g/mol. The minimum absolute atomic E-state index is 0.470. The van der Waals surface area contributed by atoms with Gasteiger partial charge in [-0.1, -0.05) is 12.1 Å². The summed E-state index contributed by atoms with van der Waals surface area (Å²) in [4.78, 5) is 6.52. The predicted octanol–water partition coefficient (Wildman–Crippen LogP) is 3.96. The van der Waals surface area contributed by atoms with Crippen molar-refractivity contribution in [3.05, 3.63) is 40.9 Å². The summed E-state index contributed by atoms with van der Waals surface area (Å²) in [5, 5.41) is 2.97. The number of nitrogens with zero attached hydrogens (tertiary/aromatic N) is 2. The van der Waals surface area contributed by atoms with Gasteiger partial charge in [0.15, 0.2) is 5.13 Å². The molecule has 0 atom stereocenters. The first-order valence-corrected chi connectivity index (χ1v) is 6.43. The fourth-order valence-electron chi connectivity index (χ4n) is 1.46. The normalized spacial score (nSPS) is 10.4. The van der Waals surface area contributed by atoms with Crippen LogP contribution in [-0.2, 0) is 5.88 Å². The Morgan fingerprint density at radius 3 is 2.88 bits per heavy atom. The molecule has 0 bridgehead atoms. The maximum atomic E-state index is 5.74. The molecule has 84 valence electrons. The smallest absolute Gasteiger partial charge is 0.189 e. The fourth-order valence-corrected chi connectivity index (χ4v) is 2.50. The largest absolute Gasteiger partial charge is 0.321 e. The van der Waals surface area contributed by atoms with Crippen LogP contribution in [0, 0.1) is 6.92 Å². The van der Waals surface area contributed by atoms with E-state index in [2.05, 4.69) is 41.1 Å². The molecule has 1 aromatic carbocycles. The van der Waals surface area contributed by atoms with E-state index < -0.39 is 0 Å². The number of halogens is 1. The molecule has 0 saturated carbocycles. The second-order valence-electron chi connectivity index (χ2n) is 3.65. The first kappa shape index (κ1) is 11.4. The van der Waals surface area contributed by atoms with E-state index in [0.29, 0.717) is 5.88 Å².